The fraction of sp³-hybridized carbons (Fsp3) is 0.400. The maximum absolute atomic E-state index is 12.4. The Hall–Kier alpha value is -3.31. The van der Waals surface area contributed by atoms with Crippen LogP contribution in [0.1, 0.15) is 30.1 Å². The van der Waals surface area contributed by atoms with Crippen LogP contribution in [0.4, 0.5) is 5.69 Å². The van der Waals surface area contributed by atoms with Gasteiger partial charge in [0.25, 0.3) is 11.8 Å². The molecular weight excluding hydrogens is 450 g/mol. The SMILES string of the molecule is C[C@@H](O)[C@H](NC(=O)c1ccc(-c2ccc(NC(=O)CNCC3CCCNC3)cc2)cc1)C(=O)NO. The topological polar surface area (TPSA) is 152 Å². The van der Waals surface area contributed by atoms with Crippen LogP contribution in [0, 0.1) is 5.92 Å². The Morgan fingerprint density at radius 3 is 2.29 bits per heavy atom. The van der Waals surface area contributed by atoms with Crippen molar-refractivity contribution >= 4 is 23.4 Å². The van der Waals surface area contributed by atoms with E-state index in [1.165, 1.54) is 25.2 Å². The molecule has 1 unspecified atom stereocenters. The van der Waals surface area contributed by atoms with Gasteiger partial charge in [0.15, 0.2) is 0 Å². The van der Waals surface area contributed by atoms with Gasteiger partial charge in [0.1, 0.15) is 6.04 Å². The van der Waals surface area contributed by atoms with Gasteiger partial charge >= 0.3 is 0 Å². The van der Waals surface area contributed by atoms with Gasteiger partial charge in [-0.15, -0.1) is 0 Å². The molecule has 0 bridgehead atoms. The van der Waals surface area contributed by atoms with Crippen LogP contribution >= 0.6 is 0 Å². The molecule has 3 atom stereocenters. The number of hydrogen-bond donors (Lipinski definition) is 7. The van der Waals surface area contributed by atoms with E-state index in [9.17, 15) is 19.5 Å². The fourth-order valence-electron chi connectivity index (χ4n) is 3.95. The van der Waals surface area contributed by atoms with Crippen molar-refractivity contribution in [3.05, 3.63) is 54.1 Å². The summed E-state index contributed by atoms with van der Waals surface area (Å²) < 4.78 is 0. The molecule has 7 N–H and O–H groups in total. The molecule has 0 aromatic heterocycles. The van der Waals surface area contributed by atoms with Gasteiger partial charge in [-0.25, -0.2) is 5.48 Å². The highest BCUT2D eigenvalue weighted by molar-refractivity contribution is 5.98. The highest BCUT2D eigenvalue weighted by Crippen LogP contribution is 2.22. The molecular formula is C25H33N5O5. The Kier molecular flexibility index (Phi) is 9.74. The van der Waals surface area contributed by atoms with Gasteiger partial charge in [-0.1, -0.05) is 24.3 Å². The van der Waals surface area contributed by atoms with Gasteiger partial charge in [-0.2, -0.15) is 0 Å². The van der Waals surface area contributed by atoms with Crippen molar-refractivity contribution in [3.8, 4) is 11.1 Å². The second-order valence-corrected chi connectivity index (χ2v) is 8.71. The number of anilines is 1. The lowest BCUT2D eigenvalue weighted by Crippen LogP contribution is -2.51. The third kappa shape index (κ3) is 7.86. The van der Waals surface area contributed by atoms with Crippen LogP contribution in [0.15, 0.2) is 48.5 Å². The number of piperidine rings is 1. The maximum Gasteiger partial charge on any atom is 0.268 e. The van der Waals surface area contributed by atoms with Gasteiger partial charge < -0.3 is 26.4 Å². The number of carbonyl (C=O) groups excluding carboxylic acids is 3. The Bertz CT molecular complexity index is 988. The van der Waals surface area contributed by atoms with E-state index in [1.54, 1.807) is 24.3 Å². The molecule has 1 aliphatic heterocycles. The van der Waals surface area contributed by atoms with Crippen molar-refractivity contribution in [2.45, 2.75) is 31.9 Å². The molecule has 2 aromatic rings. The van der Waals surface area contributed by atoms with Crippen LogP contribution in [-0.2, 0) is 9.59 Å². The highest BCUT2D eigenvalue weighted by Gasteiger charge is 2.25. The second kappa shape index (κ2) is 13.0. The molecule has 188 valence electrons. The average molecular weight is 484 g/mol. The molecule has 1 heterocycles. The van der Waals surface area contributed by atoms with Crippen molar-refractivity contribution in [1.82, 2.24) is 21.4 Å². The summed E-state index contributed by atoms with van der Waals surface area (Å²) in [4.78, 5) is 36.2. The first-order chi connectivity index (χ1) is 16.9. The van der Waals surface area contributed by atoms with Crippen LogP contribution in [0.5, 0.6) is 0 Å². The quantitative estimate of drug-likeness (QED) is 0.196. The molecule has 2 aromatic carbocycles. The molecule has 3 rings (SSSR count). The van der Waals surface area contributed by atoms with Gasteiger partial charge in [0.2, 0.25) is 5.91 Å². The lowest BCUT2D eigenvalue weighted by Gasteiger charge is -2.22. The Morgan fingerprint density at radius 2 is 1.71 bits per heavy atom. The van der Waals surface area contributed by atoms with E-state index >= 15 is 0 Å². The summed E-state index contributed by atoms with van der Waals surface area (Å²) in [6.07, 6.45) is 1.17. The number of nitrogens with one attached hydrogen (secondary N) is 5. The van der Waals surface area contributed by atoms with Crippen LogP contribution in [-0.4, -0.2) is 66.4 Å². The van der Waals surface area contributed by atoms with Crippen molar-refractivity contribution in [2.24, 2.45) is 5.92 Å². The van der Waals surface area contributed by atoms with E-state index < -0.39 is 24.0 Å². The molecule has 0 spiro atoms. The van der Waals surface area contributed by atoms with E-state index in [0.717, 1.165) is 30.8 Å². The molecule has 3 amide bonds. The number of aliphatic hydroxyl groups is 1. The van der Waals surface area contributed by atoms with Gasteiger partial charge in [0, 0.05) is 11.3 Å². The number of rotatable bonds is 10. The smallest absolute Gasteiger partial charge is 0.268 e. The van der Waals surface area contributed by atoms with Gasteiger partial charge in [-0.05, 0) is 80.7 Å². The third-order valence-electron chi connectivity index (χ3n) is 5.93. The zero-order chi connectivity index (χ0) is 25.2. The van der Waals surface area contributed by atoms with E-state index in [0.29, 0.717) is 17.2 Å². The predicted molar refractivity (Wildman–Crippen MR) is 132 cm³/mol. The first-order valence-electron chi connectivity index (χ1n) is 11.7. The molecule has 35 heavy (non-hydrogen) atoms. The van der Waals surface area contributed by atoms with Crippen molar-refractivity contribution < 1.29 is 24.7 Å². The first kappa shape index (κ1) is 26.3. The normalized spacial score (nSPS) is 17.2. The van der Waals surface area contributed by atoms with Crippen LogP contribution in [0.25, 0.3) is 11.1 Å². The van der Waals surface area contributed by atoms with Crippen molar-refractivity contribution in [3.63, 3.8) is 0 Å². The zero-order valence-corrected chi connectivity index (χ0v) is 19.7. The van der Waals surface area contributed by atoms with Crippen LogP contribution in [0.3, 0.4) is 0 Å². The molecule has 0 aliphatic carbocycles. The summed E-state index contributed by atoms with van der Waals surface area (Å²) in [7, 11) is 0. The molecule has 10 nitrogen and oxygen atoms in total. The van der Waals surface area contributed by atoms with Gasteiger partial charge in [0.05, 0.1) is 12.6 Å². The number of carbonyl (C=O) groups is 3. The van der Waals surface area contributed by atoms with Gasteiger partial charge in [-0.3, -0.25) is 19.6 Å². The zero-order valence-electron chi connectivity index (χ0n) is 19.7. The third-order valence-corrected chi connectivity index (χ3v) is 5.93. The lowest BCUT2D eigenvalue weighted by atomic mass is 10.00. The predicted octanol–water partition coefficient (Wildman–Crippen LogP) is 0.866. The number of amides is 3. The summed E-state index contributed by atoms with van der Waals surface area (Å²) in [5, 5.41) is 30.3. The average Bonchev–Trinajstić information content (AvgIpc) is 2.87. The summed E-state index contributed by atoms with van der Waals surface area (Å²) >= 11 is 0. The second-order valence-electron chi connectivity index (χ2n) is 8.71. The summed E-state index contributed by atoms with van der Waals surface area (Å²) in [6, 6.07) is 12.8. The van der Waals surface area contributed by atoms with Crippen molar-refractivity contribution in [2.75, 3.05) is 31.5 Å². The maximum atomic E-state index is 12.4. The molecule has 10 heteroatoms. The Morgan fingerprint density at radius 1 is 1.06 bits per heavy atom. The largest absolute Gasteiger partial charge is 0.391 e. The van der Waals surface area contributed by atoms with E-state index in [1.807, 2.05) is 24.3 Å². The number of benzene rings is 2. The monoisotopic (exact) mass is 483 g/mol. The van der Waals surface area contributed by atoms with Crippen molar-refractivity contribution in [1.29, 1.82) is 0 Å². The number of hydrogen-bond acceptors (Lipinski definition) is 7. The fourth-order valence-corrected chi connectivity index (χ4v) is 3.95. The first-order valence-corrected chi connectivity index (χ1v) is 11.7. The molecule has 1 saturated heterocycles. The molecule has 1 fully saturated rings. The summed E-state index contributed by atoms with van der Waals surface area (Å²) in [5.41, 5.74) is 4.19. The Balaban J connectivity index is 1.51. The minimum absolute atomic E-state index is 0.0951. The molecule has 0 saturated carbocycles. The number of aliphatic hydroxyl groups excluding tert-OH is 1. The summed E-state index contributed by atoms with van der Waals surface area (Å²) in [5.74, 6) is -0.998. The molecule has 1 aliphatic rings. The van der Waals surface area contributed by atoms with Crippen LogP contribution in [0.2, 0.25) is 0 Å². The standard InChI is InChI=1S/C25H33N5O5/c1-16(31)23(25(34)30-35)29-24(33)20-6-4-18(5-7-20)19-8-10-21(11-9-19)28-22(32)15-27-14-17-3-2-12-26-13-17/h4-11,16-17,23,26-27,31,35H,2-3,12-15H2,1H3,(H,28,32)(H,29,33)(H,30,34)/t16-,17?,23+/m1/s1. The Labute approximate surface area is 204 Å². The summed E-state index contributed by atoms with van der Waals surface area (Å²) in [6.45, 7) is 4.48. The van der Waals surface area contributed by atoms with E-state index in [2.05, 4.69) is 21.3 Å². The minimum atomic E-state index is -1.28. The highest BCUT2D eigenvalue weighted by atomic mass is 16.5. The molecule has 0 radical (unpaired) electrons. The lowest BCUT2D eigenvalue weighted by molar-refractivity contribution is -0.133. The van der Waals surface area contributed by atoms with Crippen LogP contribution < -0.4 is 26.7 Å². The van der Waals surface area contributed by atoms with E-state index in [-0.39, 0.29) is 12.5 Å². The van der Waals surface area contributed by atoms with E-state index in [4.69, 9.17) is 5.21 Å². The number of hydroxylamine groups is 1. The minimum Gasteiger partial charge on any atom is -0.391 e.